The molecule has 0 bridgehead atoms. The minimum atomic E-state index is -1.00. The first-order chi connectivity index (χ1) is 7.99. The van der Waals surface area contributed by atoms with Gasteiger partial charge in [0.25, 0.3) is 5.91 Å². The first kappa shape index (κ1) is 11.8. The fraction of sp³-hybridized carbons (Fsp3) is 0.364. The molecule has 2 atom stereocenters. The molecule has 0 aromatic heterocycles. The third-order valence-corrected chi connectivity index (χ3v) is 2.74. The number of β-amino-alcohol motifs (C(OH)–C–C–N with tert-alkyl or cyclic N) is 2. The van der Waals surface area contributed by atoms with Gasteiger partial charge in [0.1, 0.15) is 11.6 Å². The van der Waals surface area contributed by atoms with Crippen molar-refractivity contribution in [1.82, 2.24) is 4.90 Å². The molecule has 2 unspecified atom stereocenters. The van der Waals surface area contributed by atoms with E-state index in [1.54, 1.807) is 0 Å². The number of rotatable bonds is 1. The summed E-state index contributed by atoms with van der Waals surface area (Å²) in [4.78, 5) is 13.1. The van der Waals surface area contributed by atoms with E-state index in [0.717, 1.165) is 18.2 Å². The lowest BCUT2D eigenvalue weighted by atomic mass is 10.1. The maximum absolute atomic E-state index is 13.0. The third-order valence-electron chi connectivity index (χ3n) is 2.74. The Labute approximate surface area is 96.7 Å². The number of benzene rings is 1. The van der Waals surface area contributed by atoms with E-state index in [1.165, 1.54) is 4.90 Å². The lowest BCUT2D eigenvalue weighted by molar-refractivity contribution is 0.0572. The molecule has 3 N–H and O–H groups in total. The van der Waals surface area contributed by atoms with Crippen molar-refractivity contribution >= 4 is 5.91 Å². The van der Waals surface area contributed by atoms with Crippen molar-refractivity contribution < 1.29 is 24.5 Å². The molecule has 1 aliphatic rings. The highest BCUT2D eigenvalue weighted by atomic mass is 19.1. The van der Waals surface area contributed by atoms with Crippen LogP contribution in [0.4, 0.5) is 4.39 Å². The Morgan fingerprint density at radius 3 is 2.47 bits per heavy atom. The minimum Gasteiger partial charge on any atom is -0.507 e. The number of aliphatic hydroxyl groups is 2. The molecule has 0 saturated carbocycles. The van der Waals surface area contributed by atoms with Gasteiger partial charge in [0.15, 0.2) is 0 Å². The highest BCUT2D eigenvalue weighted by Crippen LogP contribution is 2.22. The molecule has 6 heteroatoms. The molecule has 0 radical (unpaired) electrons. The fourth-order valence-electron chi connectivity index (χ4n) is 1.79. The number of phenolic OH excluding ortho intramolecular Hbond substituents is 1. The van der Waals surface area contributed by atoms with Crippen molar-refractivity contribution in [2.24, 2.45) is 0 Å². The minimum absolute atomic E-state index is 0.0318. The Morgan fingerprint density at radius 2 is 1.88 bits per heavy atom. The summed E-state index contributed by atoms with van der Waals surface area (Å²) in [6, 6.07) is 3.06. The number of carbonyl (C=O) groups excluding carboxylic acids is 1. The van der Waals surface area contributed by atoms with Crippen LogP contribution >= 0.6 is 0 Å². The van der Waals surface area contributed by atoms with Gasteiger partial charge in [-0.05, 0) is 18.2 Å². The summed E-state index contributed by atoms with van der Waals surface area (Å²) in [5, 5.41) is 28.1. The van der Waals surface area contributed by atoms with E-state index in [0.29, 0.717) is 0 Å². The maximum atomic E-state index is 13.0. The molecule has 1 amide bonds. The van der Waals surface area contributed by atoms with E-state index >= 15 is 0 Å². The summed E-state index contributed by atoms with van der Waals surface area (Å²) < 4.78 is 13.0. The topological polar surface area (TPSA) is 81.0 Å². The first-order valence-electron chi connectivity index (χ1n) is 5.13. The van der Waals surface area contributed by atoms with Gasteiger partial charge in [-0.3, -0.25) is 4.79 Å². The smallest absolute Gasteiger partial charge is 0.257 e. The van der Waals surface area contributed by atoms with Gasteiger partial charge in [-0.1, -0.05) is 0 Å². The normalized spacial score (nSPS) is 24.1. The van der Waals surface area contributed by atoms with Crippen LogP contribution in [0.2, 0.25) is 0 Å². The van der Waals surface area contributed by atoms with Gasteiger partial charge in [-0.25, -0.2) is 4.39 Å². The molecule has 2 rings (SSSR count). The maximum Gasteiger partial charge on any atom is 0.257 e. The van der Waals surface area contributed by atoms with E-state index in [1.807, 2.05) is 0 Å². The summed E-state index contributed by atoms with van der Waals surface area (Å²) in [5.74, 6) is -1.57. The van der Waals surface area contributed by atoms with Crippen LogP contribution in [0.15, 0.2) is 18.2 Å². The van der Waals surface area contributed by atoms with Gasteiger partial charge >= 0.3 is 0 Å². The number of carbonyl (C=O) groups is 1. The molecule has 0 aliphatic carbocycles. The van der Waals surface area contributed by atoms with E-state index in [4.69, 9.17) is 0 Å². The summed E-state index contributed by atoms with van der Waals surface area (Å²) in [5.41, 5.74) is -0.175. The van der Waals surface area contributed by atoms with Crippen molar-refractivity contribution in [3.63, 3.8) is 0 Å². The molecule has 17 heavy (non-hydrogen) atoms. The molecule has 1 aromatic rings. The Bertz CT molecular complexity index is 441. The number of nitrogens with zero attached hydrogens (tertiary/aromatic N) is 1. The molecular formula is C11H12FNO4. The Hall–Kier alpha value is -1.66. The summed E-state index contributed by atoms with van der Waals surface area (Å²) >= 11 is 0. The molecular weight excluding hydrogens is 229 g/mol. The largest absolute Gasteiger partial charge is 0.507 e. The zero-order valence-electron chi connectivity index (χ0n) is 8.88. The Kier molecular flexibility index (Phi) is 2.99. The summed E-state index contributed by atoms with van der Waals surface area (Å²) in [6.07, 6.45) is -2.01. The van der Waals surface area contributed by atoms with Gasteiger partial charge in [0, 0.05) is 13.1 Å². The molecule has 1 heterocycles. The standard InChI is InChI=1S/C11H12FNO4/c12-6-1-2-8(14)7(3-6)11(17)13-4-9(15)10(16)5-13/h1-3,9-10,14-16H,4-5H2. The zero-order valence-corrected chi connectivity index (χ0v) is 8.88. The number of amides is 1. The highest BCUT2D eigenvalue weighted by molar-refractivity contribution is 5.97. The second kappa shape index (κ2) is 4.31. The van der Waals surface area contributed by atoms with Gasteiger partial charge < -0.3 is 20.2 Å². The van der Waals surface area contributed by atoms with Gasteiger partial charge in [-0.15, -0.1) is 0 Å². The molecule has 1 aromatic carbocycles. The van der Waals surface area contributed by atoms with Crippen LogP contribution in [0, 0.1) is 5.82 Å². The number of aromatic hydroxyl groups is 1. The molecule has 1 fully saturated rings. The second-order valence-corrected chi connectivity index (χ2v) is 4.01. The van der Waals surface area contributed by atoms with Gasteiger partial charge in [0.2, 0.25) is 0 Å². The van der Waals surface area contributed by atoms with Crippen LogP contribution in [0.25, 0.3) is 0 Å². The average Bonchev–Trinajstić information content (AvgIpc) is 2.62. The van der Waals surface area contributed by atoms with Crippen molar-refractivity contribution in [3.05, 3.63) is 29.6 Å². The number of hydrogen-bond acceptors (Lipinski definition) is 4. The van der Waals surface area contributed by atoms with Crippen molar-refractivity contribution in [3.8, 4) is 5.75 Å². The van der Waals surface area contributed by atoms with Gasteiger partial charge in [0.05, 0.1) is 17.8 Å². The van der Waals surface area contributed by atoms with Crippen molar-refractivity contribution in [2.45, 2.75) is 12.2 Å². The second-order valence-electron chi connectivity index (χ2n) is 4.01. The third kappa shape index (κ3) is 2.22. The molecule has 1 aliphatic heterocycles. The zero-order chi connectivity index (χ0) is 12.6. The van der Waals surface area contributed by atoms with Crippen LogP contribution in [0.5, 0.6) is 5.75 Å². The monoisotopic (exact) mass is 241 g/mol. The van der Waals surface area contributed by atoms with Crippen LogP contribution in [0.1, 0.15) is 10.4 Å². The van der Waals surface area contributed by atoms with Crippen LogP contribution < -0.4 is 0 Å². The van der Waals surface area contributed by atoms with E-state index in [2.05, 4.69) is 0 Å². The number of likely N-dealkylation sites (tertiary alicyclic amines) is 1. The van der Waals surface area contributed by atoms with Crippen molar-refractivity contribution in [2.75, 3.05) is 13.1 Å². The number of halogens is 1. The summed E-state index contributed by atoms with van der Waals surface area (Å²) in [6.45, 7) is -0.0636. The molecule has 5 nitrogen and oxygen atoms in total. The lowest BCUT2D eigenvalue weighted by Crippen LogP contribution is -2.29. The summed E-state index contributed by atoms with van der Waals surface area (Å²) in [7, 11) is 0. The Morgan fingerprint density at radius 1 is 1.29 bits per heavy atom. The fourth-order valence-corrected chi connectivity index (χ4v) is 1.79. The molecule has 0 spiro atoms. The van der Waals surface area contributed by atoms with Crippen LogP contribution in [-0.4, -0.2) is 51.4 Å². The van der Waals surface area contributed by atoms with Gasteiger partial charge in [-0.2, -0.15) is 0 Å². The Balaban J connectivity index is 2.23. The lowest BCUT2D eigenvalue weighted by Gasteiger charge is -2.16. The van der Waals surface area contributed by atoms with Crippen molar-refractivity contribution in [1.29, 1.82) is 0 Å². The predicted molar refractivity (Wildman–Crippen MR) is 56.0 cm³/mol. The first-order valence-corrected chi connectivity index (χ1v) is 5.13. The van der Waals surface area contributed by atoms with Crippen LogP contribution in [0.3, 0.4) is 0 Å². The highest BCUT2D eigenvalue weighted by Gasteiger charge is 2.33. The molecule has 1 saturated heterocycles. The van der Waals surface area contributed by atoms with E-state index < -0.39 is 23.9 Å². The number of phenols is 1. The molecule has 92 valence electrons. The van der Waals surface area contributed by atoms with E-state index in [9.17, 15) is 24.5 Å². The SMILES string of the molecule is O=C(c1cc(F)ccc1O)N1CC(O)C(O)C1. The predicted octanol–water partition coefficient (Wildman–Crippen LogP) is -0.291. The number of hydrogen-bond donors (Lipinski definition) is 3. The quantitative estimate of drug-likeness (QED) is 0.631. The van der Waals surface area contributed by atoms with Crippen LogP contribution in [-0.2, 0) is 0 Å². The average molecular weight is 241 g/mol. The number of aliphatic hydroxyl groups excluding tert-OH is 2. The van der Waals surface area contributed by atoms with E-state index in [-0.39, 0.29) is 24.4 Å².